The van der Waals surface area contributed by atoms with Crippen LogP contribution < -0.4 is 0 Å². The molecule has 0 aromatic heterocycles. The van der Waals surface area contributed by atoms with E-state index in [0.29, 0.717) is 19.8 Å². The number of rotatable bonds is 3. The summed E-state index contributed by atoms with van der Waals surface area (Å²) < 4.78 is 5.30. The van der Waals surface area contributed by atoms with Crippen LogP contribution in [0.15, 0.2) is 5.29 Å². The van der Waals surface area contributed by atoms with Gasteiger partial charge in [-0.15, -0.1) is 4.91 Å². The van der Waals surface area contributed by atoms with Crippen molar-refractivity contribution in [2.75, 3.05) is 19.8 Å². The number of nitroso groups, excluding NO2 is 1. The Labute approximate surface area is 93.5 Å². The van der Waals surface area contributed by atoms with Crippen molar-refractivity contribution < 1.29 is 14.6 Å². The molecule has 0 bridgehead atoms. The second kappa shape index (κ2) is 4.37. The van der Waals surface area contributed by atoms with Gasteiger partial charge < -0.3 is 9.84 Å². The Bertz CT molecular complexity index is 289. The smallest absolute Gasteiger partial charge is 0.305 e. The van der Waals surface area contributed by atoms with E-state index >= 15 is 0 Å². The van der Waals surface area contributed by atoms with Gasteiger partial charge in [0.25, 0.3) is 0 Å². The molecule has 2 saturated heterocycles. The van der Waals surface area contributed by atoms with E-state index in [1.807, 2.05) is 0 Å². The van der Waals surface area contributed by atoms with Gasteiger partial charge in [0.15, 0.2) is 0 Å². The number of nitrogens with zero attached hydrogens (tertiary/aromatic N) is 2. The van der Waals surface area contributed by atoms with Crippen molar-refractivity contribution in [2.45, 2.75) is 31.7 Å². The summed E-state index contributed by atoms with van der Waals surface area (Å²) in [7, 11) is 0. The van der Waals surface area contributed by atoms with E-state index in [4.69, 9.17) is 9.84 Å². The summed E-state index contributed by atoms with van der Waals surface area (Å²) in [5.41, 5.74) is 0.0479. The van der Waals surface area contributed by atoms with Gasteiger partial charge >= 0.3 is 5.97 Å². The highest BCUT2D eigenvalue weighted by molar-refractivity contribution is 5.67. The third-order valence-corrected chi connectivity index (χ3v) is 3.66. The van der Waals surface area contributed by atoms with Gasteiger partial charge in [-0.25, -0.2) is 0 Å². The van der Waals surface area contributed by atoms with Crippen LogP contribution in [0.4, 0.5) is 0 Å². The van der Waals surface area contributed by atoms with E-state index in [-0.39, 0.29) is 17.9 Å². The van der Waals surface area contributed by atoms with Gasteiger partial charge in [-0.3, -0.25) is 9.80 Å². The summed E-state index contributed by atoms with van der Waals surface area (Å²) >= 11 is 0. The zero-order valence-electron chi connectivity index (χ0n) is 9.09. The van der Waals surface area contributed by atoms with Gasteiger partial charge in [-0.1, -0.05) is 0 Å². The van der Waals surface area contributed by atoms with Crippen molar-refractivity contribution in [1.82, 2.24) is 5.01 Å². The molecular formula is C10H16N2O4. The van der Waals surface area contributed by atoms with Crippen LogP contribution in [-0.2, 0) is 9.53 Å². The molecule has 1 unspecified atom stereocenters. The van der Waals surface area contributed by atoms with Gasteiger partial charge in [0.1, 0.15) is 0 Å². The van der Waals surface area contributed by atoms with Gasteiger partial charge in [0.05, 0.1) is 17.7 Å². The number of ether oxygens (including phenoxy) is 1. The number of aliphatic carboxylic acids is 1. The summed E-state index contributed by atoms with van der Waals surface area (Å²) in [5, 5.41) is 13.1. The van der Waals surface area contributed by atoms with Gasteiger partial charge in [-0.2, -0.15) is 0 Å². The van der Waals surface area contributed by atoms with Crippen LogP contribution in [-0.4, -0.2) is 41.9 Å². The first-order chi connectivity index (χ1) is 7.65. The SMILES string of the molecule is O=NN1CC2(CCOCC2)CC1CC(=O)O. The van der Waals surface area contributed by atoms with E-state index in [1.165, 1.54) is 5.01 Å². The number of hydrogen-bond acceptors (Lipinski definition) is 4. The fourth-order valence-corrected chi connectivity index (χ4v) is 2.78. The minimum absolute atomic E-state index is 0.00561. The Morgan fingerprint density at radius 2 is 2.19 bits per heavy atom. The van der Waals surface area contributed by atoms with E-state index in [9.17, 15) is 9.70 Å². The lowest BCUT2D eigenvalue weighted by molar-refractivity contribution is -0.138. The van der Waals surface area contributed by atoms with Crippen LogP contribution in [0.5, 0.6) is 0 Å². The molecule has 0 aromatic rings. The predicted octanol–water partition coefficient (Wildman–Crippen LogP) is 1.01. The Morgan fingerprint density at radius 3 is 2.75 bits per heavy atom. The van der Waals surface area contributed by atoms with Crippen LogP contribution in [0.1, 0.15) is 25.7 Å². The van der Waals surface area contributed by atoms with E-state index in [0.717, 1.165) is 19.3 Å². The van der Waals surface area contributed by atoms with E-state index in [1.54, 1.807) is 0 Å². The van der Waals surface area contributed by atoms with Crippen LogP contribution in [0.3, 0.4) is 0 Å². The predicted molar refractivity (Wildman–Crippen MR) is 55.6 cm³/mol. The highest BCUT2D eigenvalue weighted by atomic mass is 16.5. The highest BCUT2D eigenvalue weighted by Gasteiger charge is 2.45. The zero-order chi connectivity index (χ0) is 11.6. The molecule has 1 N–H and O–H groups in total. The number of carbonyl (C=O) groups is 1. The molecular weight excluding hydrogens is 212 g/mol. The first-order valence-corrected chi connectivity index (χ1v) is 5.55. The van der Waals surface area contributed by atoms with E-state index in [2.05, 4.69) is 5.29 Å². The Morgan fingerprint density at radius 1 is 1.50 bits per heavy atom. The second-order valence-electron chi connectivity index (χ2n) is 4.75. The number of carboxylic acid groups (broad SMARTS) is 1. The molecule has 6 heteroatoms. The maximum Gasteiger partial charge on any atom is 0.305 e. The molecule has 2 heterocycles. The highest BCUT2D eigenvalue weighted by Crippen LogP contribution is 2.43. The average Bonchev–Trinajstić information content (AvgIpc) is 2.56. The van der Waals surface area contributed by atoms with Crippen LogP contribution >= 0.6 is 0 Å². The van der Waals surface area contributed by atoms with Crippen LogP contribution in [0, 0.1) is 10.3 Å². The maximum absolute atomic E-state index is 10.7. The first-order valence-electron chi connectivity index (χ1n) is 5.55. The minimum atomic E-state index is -0.872. The third-order valence-electron chi connectivity index (χ3n) is 3.66. The molecule has 2 rings (SSSR count). The van der Waals surface area contributed by atoms with E-state index < -0.39 is 5.97 Å². The number of hydrogen-bond donors (Lipinski definition) is 1. The molecule has 2 fully saturated rings. The fourth-order valence-electron chi connectivity index (χ4n) is 2.78. The fraction of sp³-hybridized carbons (Fsp3) is 0.900. The Balaban J connectivity index is 2.04. The van der Waals surface area contributed by atoms with Crippen molar-refractivity contribution in [3.05, 3.63) is 4.91 Å². The topological polar surface area (TPSA) is 79.2 Å². The Kier molecular flexibility index (Phi) is 3.09. The summed E-state index contributed by atoms with van der Waals surface area (Å²) in [4.78, 5) is 21.4. The summed E-state index contributed by atoms with van der Waals surface area (Å²) in [6.07, 6.45) is 2.53. The lowest BCUT2D eigenvalue weighted by Gasteiger charge is -2.32. The van der Waals surface area contributed by atoms with Gasteiger partial charge in [0, 0.05) is 19.8 Å². The molecule has 90 valence electrons. The summed E-state index contributed by atoms with van der Waals surface area (Å²) in [6.45, 7) is 1.98. The van der Waals surface area contributed by atoms with Gasteiger partial charge in [-0.05, 0) is 24.7 Å². The van der Waals surface area contributed by atoms with Crippen LogP contribution in [0.2, 0.25) is 0 Å². The van der Waals surface area contributed by atoms with Crippen LogP contribution in [0.25, 0.3) is 0 Å². The summed E-state index contributed by atoms with van der Waals surface area (Å²) in [5.74, 6) is -0.872. The Hall–Kier alpha value is -1.17. The third kappa shape index (κ3) is 2.16. The van der Waals surface area contributed by atoms with Crippen molar-refractivity contribution in [3.8, 4) is 0 Å². The minimum Gasteiger partial charge on any atom is -0.481 e. The lowest BCUT2D eigenvalue weighted by atomic mass is 9.78. The second-order valence-corrected chi connectivity index (χ2v) is 4.75. The molecule has 0 amide bonds. The largest absolute Gasteiger partial charge is 0.481 e. The van der Waals surface area contributed by atoms with Gasteiger partial charge in [0.2, 0.25) is 0 Å². The molecule has 0 aromatic carbocycles. The molecule has 16 heavy (non-hydrogen) atoms. The molecule has 0 aliphatic carbocycles. The molecule has 0 radical (unpaired) electrons. The molecule has 2 aliphatic rings. The lowest BCUT2D eigenvalue weighted by Crippen LogP contribution is -2.31. The van der Waals surface area contributed by atoms with Crippen molar-refractivity contribution >= 4 is 5.97 Å². The van der Waals surface area contributed by atoms with Crippen molar-refractivity contribution in [2.24, 2.45) is 10.7 Å². The van der Waals surface area contributed by atoms with Crippen molar-refractivity contribution in [3.63, 3.8) is 0 Å². The first kappa shape index (κ1) is 11.3. The quantitative estimate of drug-likeness (QED) is 0.729. The molecule has 1 atom stereocenters. The molecule has 6 nitrogen and oxygen atoms in total. The summed E-state index contributed by atoms with van der Waals surface area (Å²) in [6, 6.07) is -0.243. The normalized spacial score (nSPS) is 28.2. The van der Waals surface area contributed by atoms with Crippen molar-refractivity contribution in [1.29, 1.82) is 0 Å². The average molecular weight is 228 g/mol. The molecule has 1 spiro atoms. The molecule has 2 aliphatic heterocycles. The number of carboxylic acids is 1. The standard InChI is InChI=1S/C10H16N2O4/c13-9(14)5-8-6-10(7-12(8)11-15)1-3-16-4-2-10/h8H,1-7H2,(H,13,14). The molecule has 0 saturated carbocycles. The maximum atomic E-state index is 10.7. The monoisotopic (exact) mass is 228 g/mol. The zero-order valence-corrected chi connectivity index (χ0v) is 9.09.